The Balaban J connectivity index is 2.91. The minimum absolute atomic E-state index is 0.0664. The number of hydrogen-bond donors (Lipinski definition) is 3. The highest BCUT2D eigenvalue weighted by atomic mass is 35.5. The molecule has 0 bridgehead atoms. The number of aliphatic hydroxyl groups is 2. The van der Waals surface area contributed by atoms with Gasteiger partial charge in [0, 0.05) is 0 Å². The van der Waals surface area contributed by atoms with E-state index in [0.717, 1.165) is 6.07 Å². The van der Waals surface area contributed by atoms with Gasteiger partial charge in [-0.1, -0.05) is 6.07 Å². The van der Waals surface area contributed by atoms with Crippen molar-refractivity contribution in [3.8, 4) is 0 Å². The van der Waals surface area contributed by atoms with E-state index in [2.05, 4.69) is 0 Å². The third-order valence-corrected chi connectivity index (χ3v) is 2.20. The minimum Gasteiger partial charge on any atom is -0.396 e. The number of aliphatic hydroxyl groups excluding tert-OH is 2. The number of nitrogen functional groups attached to an aromatic ring is 1. The van der Waals surface area contributed by atoms with E-state index < -0.39 is 18.0 Å². The second-order valence-electron chi connectivity index (χ2n) is 2.95. The third kappa shape index (κ3) is 2.35. The molecule has 0 aromatic heterocycles. The highest BCUT2D eigenvalue weighted by Crippen LogP contribution is 2.21. The lowest BCUT2D eigenvalue weighted by Gasteiger charge is -2.15. The molecule has 2 atom stereocenters. The summed E-state index contributed by atoms with van der Waals surface area (Å²) >= 11 is 5.35. The minimum atomic E-state index is -1.14. The zero-order chi connectivity index (χ0) is 10.7. The summed E-state index contributed by atoms with van der Waals surface area (Å²) in [4.78, 5) is 0. The monoisotopic (exact) mass is 219 g/mol. The van der Waals surface area contributed by atoms with Gasteiger partial charge in [0.2, 0.25) is 0 Å². The number of hydrogen-bond acceptors (Lipinski definition) is 3. The number of rotatable bonds is 3. The Hall–Kier alpha value is -0.840. The van der Waals surface area contributed by atoms with Gasteiger partial charge in [0.15, 0.2) is 0 Å². The van der Waals surface area contributed by atoms with Crippen LogP contribution in [-0.4, -0.2) is 22.2 Å². The fourth-order valence-corrected chi connectivity index (χ4v) is 1.22. The summed E-state index contributed by atoms with van der Waals surface area (Å²) in [6.07, 6.45) is -2.23. The van der Waals surface area contributed by atoms with Crippen LogP contribution in [0.25, 0.3) is 0 Å². The Morgan fingerprint density at radius 2 is 2.07 bits per heavy atom. The fourth-order valence-electron chi connectivity index (χ4n) is 1.05. The van der Waals surface area contributed by atoms with Gasteiger partial charge in [0.1, 0.15) is 11.9 Å². The quantitative estimate of drug-likeness (QED) is 0.526. The number of benzene rings is 1. The molecule has 1 rings (SSSR count). The molecule has 1 aromatic rings. The topological polar surface area (TPSA) is 66.5 Å². The molecule has 4 N–H and O–H groups in total. The van der Waals surface area contributed by atoms with E-state index in [-0.39, 0.29) is 11.6 Å². The van der Waals surface area contributed by atoms with Crippen molar-refractivity contribution < 1.29 is 14.6 Å². The summed E-state index contributed by atoms with van der Waals surface area (Å²) in [7, 11) is 0. The van der Waals surface area contributed by atoms with Crippen LogP contribution in [0.2, 0.25) is 0 Å². The van der Waals surface area contributed by atoms with Gasteiger partial charge in [-0.05, 0) is 17.7 Å². The van der Waals surface area contributed by atoms with Crippen LogP contribution >= 0.6 is 11.6 Å². The predicted molar refractivity (Wildman–Crippen MR) is 52.5 cm³/mol. The van der Waals surface area contributed by atoms with Crippen molar-refractivity contribution in [3.63, 3.8) is 0 Å². The molecule has 1 aromatic carbocycles. The van der Waals surface area contributed by atoms with E-state index >= 15 is 0 Å². The van der Waals surface area contributed by atoms with Crippen molar-refractivity contribution in [2.24, 2.45) is 0 Å². The van der Waals surface area contributed by atoms with Crippen molar-refractivity contribution in [2.75, 3.05) is 11.6 Å². The van der Waals surface area contributed by atoms with Gasteiger partial charge in [0.05, 0.1) is 17.7 Å². The van der Waals surface area contributed by atoms with Crippen molar-refractivity contribution in [2.45, 2.75) is 12.2 Å². The molecule has 78 valence electrons. The first-order chi connectivity index (χ1) is 6.56. The largest absolute Gasteiger partial charge is 0.396 e. The maximum Gasteiger partial charge on any atom is 0.146 e. The number of anilines is 1. The normalized spacial score (nSPS) is 15.1. The van der Waals surface area contributed by atoms with E-state index in [4.69, 9.17) is 17.3 Å². The molecule has 0 saturated heterocycles. The molecule has 2 unspecified atom stereocenters. The Kier molecular flexibility index (Phi) is 3.69. The average molecular weight is 220 g/mol. The van der Waals surface area contributed by atoms with Crippen molar-refractivity contribution in [1.29, 1.82) is 0 Å². The Morgan fingerprint density at radius 1 is 1.43 bits per heavy atom. The van der Waals surface area contributed by atoms with Gasteiger partial charge >= 0.3 is 0 Å². The number of alkyl halides is 1. The fraction of sp³-hybridized carbons (Fsp3) is 0.333. The standard InChI is InChI=1S/C9H11ClFNO2/c10-4-8(13)9(14)5-1-2-6(11)7(12)3-5/h1-3,8-9,13-14H,4,12H2. The van der Waals surface area contributed by atoms with Crippen molar-refractivity contribution >= 4 is 17.3 Å². The highest BCUT2D eigenvalue weighted by Gasteiger charge is 2.17. The van der Waals surface area contributed by atoms with Gasteiger partial charge in [-0.15, -0.1) is 11.6 Å². The SMILES string of the molecule is Nc1cc(C(O)C(O)CCl)ccc1F. The second kappa shape index (κ2) is 4.59. The summed E-state index contributed by atoms with van der Waals surface area (Å²) in [5.74, 6) is -0.653. The lowest BCUT2D eigenvalue weighted by atomic mass is 10.0. The summed E-state index contributed by atoms with van der Waals surface area (Å²) in [6, 6.07) is 3.76. The smallest absolute Gasteiger partial charge is 0.146 e. The maximum atomic E-state index is 12.7. The third-order valence-electron chi connectivity index (χ3n) is 1.88. The molecule has 0 heterocycles. The summed E-state index contributed by atoms with van der Waals surface area (Å²) in [5, 5.41) is 18.7. The second-order valence-corrected chi connectivity index (χ2v) is 3.26. The molecule has 5 heteroatoms. The van der Waals surface area contributed by atoms with Crippen LogP contribution in [0.3, 0.4) is 0 Å². The van der Waals surface area contributed by atoms with Gasteiger partial charge in [-0.3, -0.25) is 0 Å². The molecule has 0 aliphatic rings. The molecule has 0 aliphatic heterocycles. The van der Waals surface area contributed by atoms with Crippen LogP contribution in [0.15, 0.2) is 18.2 Å². The van der Waals surface area contributed by atoms with E-state index in [9.17, 15) is 14.6 Å². The van der Waals surface area contributed by atoms with Crippen LogP contribution in [0, 0.1) is 5.82 Å². The predicted octanol–water partition coefficient (Wildman–Crippen LogP) is 1.04. The lowest BCUT2D eigenvalue weighted by Crippen LogP contribution is -2.19. The Bertz CT molecular complexity index is 322. The Labute approximate surface area is 85.9 Å². The lowest BCUT2D eigenvalue weighted by molar-refractivity contribution is 0.0327. The van der Waals surface area contributed by atoms with Gasteiger partial charge in [0.25, 0.3) is 0 Å². The molecule has 0 saturated carbocycles. The molecular weight excluding hydrogens is 209 g/mol. The first kappa shape index (κ1) is 11.2. The maximum absolute atomic E-state index is 12.7. The first-order valence-corrected chi connectivity index (χ1v) is 4.56. The van der Waals surface area contributed by atoms with Gasteiger partial charge in [-0.25, -0.2) is 4.39 Å². The molecule has 0 amide bonds. The van der Waals surface area contributed by atoms with Crippen LogP contribution in [0.5, 0.6) is 0 Å². The number of nitrogens with two attached hydrogens (primary N) is 1. The summed E-state index contributed by atoms with van der Waals surface area (Å²) in [5.41, 5.74) is 5.58. The molecule has 3 nitrogen and oxygen atoms in total. The van der Waals surface area contributed by atoms with E-state index in [1.165, 1.54) is 12.1 Å². The molecule has 0 fully saturated rings. The van der Waals surface area contributed by atoms with Crippen LogP contribution < -0.4 is 5.73 Å². The first-order valence-electron chi connectivity index (χ1n) is 4.03. The van der Waals surface area contributed by atoms with Crippen LogP contribution in [0.4, 0.5) is 10.1 Å². The summed E-state index contributed by atoms with van der Waals surface area (Å²) in [6.45, 7) is 0. The van der Waals surface area contributed by atoms with E-state index in [1.54, 1.807) is 0 Å². The average Bonchev–Trinajstić information content (AvgIpc) is 2.20. The molecule has 0 aliphatic carbocycles. The van der Waals surface area contributed by atoms with Gasteiger partial charge in [-0.2, -0.15) is 0 Å². The van der Waals surface area contributed by atoms with Crippen molar-refractivity contribution in [1.82, 2.24) is 0 Å². The molecule has 14 heavy (non-hydrogen) atoms. The van der Waals surface area contributed by atoms with E-state index in [1.807, 2.05) is 0 Å². The van der Waals surface area contributed by atoms with Gasteiger partial charge < -0.3 is 15.9 Å². The molecule has 0 radical (unpaired) electrons. The highest BCUT2D eigenvalue weighted by molar-refractivity contribution is 6.18. The summed E-state index contributed by atoms with van der Waals surface area (Å²) < 4.78 is 12.7. The number of halogens is 2. The zero-order valence-corrected chi connectivity index (χ0v) is 8.08. The Morgan fingerprint density at radius 3 is 2.57 bits per heavy atom. The zero-order valence-electron chi connectivity index (χ0n) is 7.32. The van der Waals surface area contributed by atoms with Crippen molar-refractivity contribution in [3.05, 3.63) is 29.6 Å². The molecule has 0 spiro atoms. The van der Waals surface area contributed by atoms with Crippen LogP contribution in [0.1, 0.15) is 11.7 Å². The molecular formula is C9H11ClFNO2. The van der Waals surface area contributed by atoms with Crippen LogP contribution in [-0.2, 0) is 0 Å². The van der Waals surface area contributed by atoms with E-state index in [0.29, 0.717) is 5.56 Å².